The standard InChI is InChI=1S/C19H20FN7O/c1-19(2,3)13-9-15-23-24-17(12-7-5-6-8-14(12)20)27(15)25-18(13)28-10-16-21-11-22-26(16)4/h5-9,11H,10H2,1-4H3/i1D3,4D3. The highest BCUT2D eigenvalue weighted by Gasteiger charge is 2.24. The second-order valence-corrected chi connectivity index (χ2v) is 6.64. The lowest BCUT2D eigenvalue weighted by Gasteiger charge is -2.21. The third-order valence-electron chi connectivity index (χ3n) is 4.10. The van der Waals surface area contributed by atoms with Gasteiger partial charge in [0.1, 0.15) is 18.8 Å². The first-order valence-electron chi connectivity index (χ1n) is 11.3. The fraction of sp³-hybridized carbons (Fsp3) is 0.316. The van der Waals surface area contributed by atoms with E-state index in [1.165, 1.54) is 42.6 Å². The zero-order valence-electron chi connectivity index (χ0n) is 21.1. The topological polar surface area (TPSA) is 83.0 Å². The monoisotopic (exact) mass is 387 g/mol. The first-order valence-corrected chi connectivity index (χ1v) is 8.35. The van der Waals surface area contributed by atoms with Crippen molar-refractivity contribution in [1.82, 2.24) is 34.6 Å². The van der Waals surface area contributed by atoms with Crippen LogP contribution in [0.1, 0.15) is 40.3 Å². The van der Waals surface area contributed by atoms with E-state index in [-0.39, 0.29) is 40.9 Å². The first kappa shape index (κ1) is 12.2. The number of nitrogens with zero attached hydrogens (tertiary/aromatic N) is 7. The summed E-state index contributed by atoms with van der Waals surface area (Å²) in [5.74, 6) is -0.593. The van der Waals surface area contributed by atoms with E-state index < -0.39 is 25.1 Å². The zero-order valence-corrected chi connectivity index (χ0v) is 15.1. The van der Waals surface area contributed by atoms with Gasteiger partial charge >= 0.3 is 0 Å². The van der Waals surface area contributed by atoms with Crippen molar-refractivity contribution in [2.24, 2.45) is 6.98 Å². The van der Waals surface area contributed by atoms with Crippen molar-refractivity contribution in [3.05, 3.63) is 53.9 Å². The van der Waals surface area contributed by atoms with Crippen molar-refractivity contribution < 1.29 is 17.4 Å². The maximum absolute atomic E-state index is 14.4. The van der Waals surface area contributed by atoms with E-state index in [1.54, 1.807) is 6.07 Å². The van der Waals surface area contributed by atoms with Crippen LogP contribution in [0.2, 0.25) is 0 Å². The molecule has 0 aliphatic rings. The molecular weight excluding hydrogens is 361 g/mol. The molecule has 8 nitrogen and oxygen atoms in total. The van der Waals surface area contributed by atoms with Crippen LogP contribution in [0.5, 0.6) is 5.88 Å². The second kappa shape index (κ2) is 6.66. The first-order chi connectivity index (χ1) is 15.8. The molecule has 28 heavy (non-hydrogen) atoms. The molecule has 0 bridgehead atoms. The molecule has 0 fully saturated rings. The van der Waals surface area contributed by atoms with Crippen LogP contribution in [0, 0.1) is 5.82 Å². The van der Waals surface area contributed by atoms with Crippen molar-refractivity contribution in [3.8, 4) is 17.3 Å². The van der Waals surface area contributed by atoms with Gasteiger partial charge < -0.3 is 4.74 Å². The number of hydrogen-bond acceptors (Lipinski definition) is 6. The number of rotatable bonds is 4. The van der Waals surface area contributed by atoms with Crippen molar-refractivity contribution >= 4 is 5.65 Å². The number of ether oxygens (including phenoxy) is 1. The summed E-state index contributed by atoms with van der Waals surface area (Å²) >= 11 is 0. The van der Waals surface area contributed by atoms with E-state index in [9.17, 15) is 4.39 Å². The van der Waals surface area contributed by atoms with Gasteiger partial charge in [0.25, 0.3) is 0 Å². The fourth-order valence-electron chi connectivity index (χ4n) is 2.68. The Bertz CT molecular complexity index is 1350. The van der Waals surface area contributed by atoms with Gasteiger partial charge in [0.15, 0.2) is 17.3 Å². The Balaban J connectivity index is 1.85. The van der Waals surface area contributed by atoms with Crippen LogP contribution in [0.3, 0.4) is 0 Å². The molecule has 1 aromatic carbocycles. The maximum Gasteiger partial charge on any atom is 0.236 e. The minimum atomic E-state index is -2.58. The van der Waals surface area contributed by atoms with Crippen LogP contribution in [-0.4, -0.2) is 34.6 Å². The van der Waals surface area contributed by atoms with Crippen molar-refractivity contribution in [2.45, 2.75) is 32.7 Å². The van der Waals surface area contributed by atoms with Crippen molar-refractivity contribution in [2.75, 3.05) is 0 Å². The molecule has 9 heteroatoms. The molecular formula is C19H20FN7O. The Labute approximate surface area is 169 Å². The molecule has 0 aliphatic heterocycles. The Morgan fingerprint density at radius 1 is 1.25 bits per heavy atom. The highest BCUT2D eigenvalue weighted by atomic mass is 19.1. The minimum absolute atomic E-state index is 0.0161. The summed E-state index contributed by atoms with van der Waals surface area (Å²) < 4.78 is 68.8. The lowest BCUT2D eigenvalue weighted by molar-refractivity contribution is 0.266. The van der Waals surface area contributed by atoms with Crippen molar-refractivity contribution in [3.63, 3.8) is 0 Å². The molecule has 4 aromatic rings. The van der Waals surface area contributed by atoms with Crippen molar-refractivity contribution in [1.29, 1.82) is 0 Å². The summed E-state index contributed by atoms with van der Waals surface area (Å²) in [6.07, 6.45) is 1.07. The van der Waals surface area contributed by atoms with E-state index in [0.717, 1.165) is 11.0 Å². The molecule has 4 rings (SSSR count). The van der Waals surface area contributed by atoms with Gasteiger partial charge in [-0.1, -0.05) is 32.8 Å². The third kappa shape index (κ3) is 3.19. The Kier molecular flexibility index (Phi) is 2.90. The molecule has 0 spiro atoms. The minimum Gasteiger partial charge on any atom is -0.468 e. The van der Waals surface area contributed by atoms with Gasteiger partial charge in [0.2, 0.25) is 5.88 Å². The molecule has 0 atom stereocenters. The second-order valence-electron chi connectivity index (χ2n) is 6.64. The number of halogens is 1. The van der Waals surface area contributed by atoms with Crippen LogP contribution >= 0.6 is 0 Å². The van der Waals surface area contributed by atoms with Gasteiger partial charge in [0, 0.05) is 20.8 Å². The molecule has 3 heterocycles. The van der Waals surface area contributed by atoms with Gasteiger partial charge in [0.05, 0.1) is 5.56 Å². The lowest BCUT2D eigenvalue weighted by atomic mass is 9.88. The lowest BCUT2D eigenvalue weighted by Crippen LogP contribution is -2.17. The molecule has 0 N–H and O–H groups in total. The SMILES string of the molecule is [2H]C([2H])([2H])n1ncnc1COc1nn2c(-c3ccccc3F)nnc2cc1C(C)(C)C([2H])([2H])[2H]. The Morgan fingerprint density at radius 2 is 2.11 bits per heavy atom. The predicted molar refractivity (Wildman–Crippen MR) is 100 cm³/mol. The van der Waals surface area contributed by atoms with Gasteiger partial charge in [-0.15, -0.1) is 15.3 Å². The van der Waals surface area contributed by atoms with Gasteiger partial charge in [-0.05, 0) is 23.6 Å². The summed E-state index contributed by atoms with van der Waals surface area (Å²) in [6.45, 7) is -2.39. The normalized spacial score (nSPS) is 16.0. The molecule has 0 radical (unpaired) electrons. The number of hydrogen-bond donors (Lipinski definition) is 0. The van der Waals surface area contributed by atoms with Crippen LogP contribution in [0.4, 0.5) is 4.39 Å². The average molecular weight is 387 g/mol. The molecule has 0 unspecified atom stereocenters. The highest BCUT2D eigenvalue weighted by Crippen LogP contribution is 2.32. The molecule has 144 valence electrons. The van der Waals surface area contributed by atoms with Gasteiger partial charge in [-0.3, -0.25) is 4.68 Å². The molecule has 0 amide bonds. The average Bonchev–Trinajstić information content (AvgIpc) is 3.37. The number of aromatic nitrogens is 7. The van der Waals surface area contributed by atoms with Crippen LogP contribution in [-0.2, 0) is 19.0 Å². The molecule has 0 aliphatic carbocycles. The Morgan fingerprint density at radius 3 is 2.89 bits per heavy atom. The number of fused-ring (bicyclic) bond motifs is 1. The summed E-state index contributed by atoms with van der Waals surface area (Å²) in [7, 11) is 0. The number of aryl methyl sites for hydroxylation is 1. The maximum atomic E-state index is 14.4. The van der Waals surface area contributed by atoms with Crippen LogP contribution in [0.25, 0.3) is 17.0 Å². The predicted octanol–water partition coefficient (Wildman–Crippen LogP) is 2.94. The molecule has 0 saturated heterocycles. The zero-order chi connectivity index (χ0) is 24.9. The smallest absolute Gasteiger partial charge is 0.236 e. The largest absolute Gasteiger partial charge is 0.468 e. The summed E-state index contributed by atoms with van der Waals surface area (Å²) in [4.78, 5) is 3.91. The van der Waals surface area contributed by atoms with Crippen LogP contribution in [0.15, 0.2) is 36.7 Å². The number of benzene rings is 1. The molecule has 0 saturated carbocycles. The molecule has 3 aromatic heterocycles. The van der Waals surface area contributed by atoms with E-state index in [2.05, 4.69) is 25.4 Å². The van der Waals surface area contributed by atoms with E-state index in [4.69, 9.17) is 13.0 Å². The van der Waals surface area contributed by atoms with E-state index in [1.807, 2.05) is 0 Å². The van der Waals surface area contributed by atoms with Gasteiger partial charge in [-0.25, -0.2) is 9.37 Å². The van der Waals surface area contributed by atoms with Crippen LogP contribution < -0.4 is 4.74 Å². The summed E-state index contributed by atoms with van der Waals surface area (Å²) in [5, 5.41) is 16.1. The Hall–Kier alpha value is -3.36. The van der Waals surface area contributed by atoms with E-state index >= 15 is 0 Å². The quantitative estimate of drug-likeness (QED) is 0.535. The van der Waals surface area contributed by atoms with Gasteiger partial charge in [-0.2, -0.15) is 9.61 Å². The van der Waals surface area contributed by atoms with E-state index in [0.29, 0.717) is 0 Å². The summed E-state index contributed by atoms with van der Waals surface area (Å²) in [5.41, 5.74) is -0.923. The third-order valence-corrected chi connectivity index (χ3v) is 4.10. The summed E-state index contributed by atoms with van der Waals surface area (Å²) in [6, 6.07) is 7.39. The highest BCUT2D eigenvalue weighted by molar-refractivity contribution is 5.60. The fourth-order valence-corrected chi connectivity index (χ4v) is 2.68.